The third-order valence-electron chi connectivity index (χ3n) is 3.77. The Hall–Kier alpha value is -2.08. The number of aryl methyl sites for hydroxylation is 1. The summed E-state index contributed by atoms with van der Waals surface area (Å²) in [7, 11) is 0. The van der Waals surface area contributed by atoms with Crippen LogP contribution in [-0.2, 0) is 16.1 Å². The third-order valence-corrected chi connectivity index (χ3v) is 4.63. The first-order valence-corrected chi connectivity index (χ1v) is 8.88. The van der Waals surface area contributed by atoms with Gasteiger partial charge in [0.1, 0.15) is 0 Å². The van der Waals surface area contributed by atoms with Crippen molar-refractivity contribution in [1.29, 1.82) is 0 Å². The Morgan fingerprint density at radius 3 is 2.58 bits per heavy atom. The molecule has 0 aliphatic carbocycles. The Labute approximate surface area is 146 Å². The first-order valence-electron chi connectivity index (χ1n) is 8.00. The summed E-state index contributed by atoms with van der Waals surface area (Å²) in [5.74, 6) is -0.752. The largest absolute Gasteiger partial charge is 0.449 e. The quantitative estimate of drug-likeness (QED) is 0.815. The van der Waals surface area contributed by atoms with Gasteiger partial charge in [-0.25, -0.2) is 4.79 Å². The molecule has 0 aliphatic rings. The van der Waals surface area contributed by atoms with Gasteiger partial charge in [-0.15, -0.1) is 11.3 Å². The average molecular weight is 348 g/mol. The zero-order chi connectivity index (χ0) is 17.9. The van der Waals surface area contributed by atoms with Crippen LogP contribution >= 0.6 is 11.3 Å². The molecule has 130 valence electrons. The van der Waals surface area contributed by atoms with E-state index in [1.807, 2.05) is 45.2 Å². The number of nitrogens with one attached hydrogen (secondary N) is 1. The second-order valence-corrected chi connectivity index (χ2v) is 7.19. The van der Waals surface area contributed by atoms with Crippen LogP contribution in [0.4, 0.5) is 0 Å². The highest BCUT2D eigenvalue weighted by Crippen LogP contribution is 2.20. The van der Waals surface area contributed by atoms with Crippen molar-refractivity contribution in [2.45, 2.75) is 53.3 Å². The van der Waals surface area contributed by atoms with Crippen molar-refractivity contribution in [3.8, 4) is 0 Å². The van der Waals surface area contributed by atoms with Crippen molar-refractivity contribution in [3.05, 3.63) is 45.4 Å². The van der Waals surface area contributed by atoms with Gasteiger partial charge in [-0.1, -0.05) is 6.07 Å². The number of thiophene rings is 1. The molecule has 2 rings (SSSR count). The Morgan fingerprint density at radius 2 is 2.00 bits per heavy atom. The van der Waals surface area contributed by atoms with Gasteiger partial charge in [0.05, 0.1) is 12.1 Å². The van der Waals surface area contributed by atoms with E-state index >= 15 is 0 Å². The maximum absolute atomic E-state index is 12.4. The topological polar surface area (TPSA) is 60.3 Å². The molecule has 2 aromatic rings. The van der Waals surface area contributed by atoms with E-state index in [1.165, 1.54) is 4.88 Å². The number of carbonyl (C=O) groups is 2. The summed E-state index contributed by atoms with van der Waals surface area (Å²) >= 11 is 1.68. The van der Waals surface area contributed by atoms with Gasteiger partial charge in [0.25, 0.3) is 5.91 Å². The molecule has 1 amide bonds. The molecule has 0 aromatic carbocycles. The summed E-state index contributed by atoms with van der Waals surface area (Å²) in [6.45, 7) is 9.91. The number of ether oxygens (including phenoxy) is 1. The van der Waals surface area contributed by atoms with Crippen LogP contribution in [-0.4, -0.2) is 28.6 Å². The molecule has 0 fully saturated rings. The van der Waals surface area contributed by atoms with Crippen LogP contribution in [0.25, 0.3) is 0 Å². The molecule has 0 bridgehead atoms. The van der Waals surface area contributed by atoms with E-state index in [1.54, 1.807) is 18.3 Å². The summed E-state index contributed by atoms with van der Waals surface area (Å²) in [6, 6.07) is 5.91. The lowest BCUT2D eigenvalue weighted by molar-refractivity contribution is -0.129. The van der Waals surface area contributed by atoms with Crippen LogP contribution in [0, 0.1) is 13.8 Å². The minimum Gasteiger partial charge on any atom is -0.449 e. The Balaban J connectivity index is 2.11. The molecule has 0 saturated carbocycles. The van der Waals surface area contributed by atoms with E-state index in [9.17, 15) is 9.59 Å². The molecule has 0 spiro atoms. The molecule has 24 heavy (non-hydrogen) atoms. The van der Waals surface area contributed by atoms with Crippen LogP contribution in [0.15, 0.2) is 23.6 Å². The van der Waals surface area contributed by atoms with Crippen LogP contribution in [0.2, 0.25) is 0 Å². The van der Waals surface area contributed by atoms with E-state index in [-0.39, 0.29) is 11.9 Å². The third kappa shape index (κ3) is 4.26. The Kier molecular flexibility index (Phi) is 5.83. The van der Waals surface area contributed by atoms with Crippen LogP contribution in [0.5, 0.6) is 0 Å². The van der Waals surface area contributed by atoms with Crippen molar-refractivity contribution in [3.63, 3.8) is 0 Å². The standard InChI is InChI=1S/C18H24N2O3S/c1-11(2)19-17(21)14(5)23-18(22)16-9-12(3)20(13(16)4)10-15-7-6-8-24-15/h6-9,11,14H,10H2,1-5H3,(H,19,21)/t14-/m0/s1. The summed E-state index contributed by atoms with van der Waals surface area (Å²) < 4.78 is 7.41. The number of rotatable bonds is 6. The van der Waals surface area contributed by atoms with Crippen molar-refractivity contribution < 1.29 is 14.3 Å². The summed E-state index contributed by atoms with van der Waals surface area (Å²) in [5.41, 5.74) is 2.35. The Morgan fingerprint density at radius 1 is 1.29 bits per heavy atom. The van der Waals surface area contributed by atoms with Gasteiger partial charge in [-0.3, -0.25) is 4.79 Å². The number of hydrogen-bond donors (Lipinski definition) is 1. The van der Waals surface area contributed by atoms with E-state index < -0.39 is 12.1 Å². The van der Waals surface area contributed by atoms with Crippen molar-refractivity contribution in [1.82, 2.24) is 9.88 Å². The molecule has 1 atom stereocenters. The Bertz CT molecular complexity index is 717. The maximum atomic E-state index is 12.4. The molecule has 1 N–H and O–H groups in total. The predicted octanol–water partition coefficient (Wildman–Crippen LogP) is 3.28. The van der Waals surface area contributed by atoms with E-state index in [0.29, 0.717) is 5.56 Å². The molecule has 5 nitrogen and oxygen atoms in total. The highest BCUT2D eigenvalue weighted by atomic mass is 32.1. The van der Waals surface area contributed by atoms with Crippen molar-refractivity contribution in [2.24, 2.45) is 0 Å². The summed E-state index contributed by atoms with van der Waals surface area (Å²) in [5, 5.41) is 4.78. The number of amides is 1. The molecule has 2 aromatic heterocycles. The van der Waals surface area contributed by atoms with Crippen LogP contribution < -0.4 is 5.32 Å². The minimum atomic E-state index is -0.819. The first-order chi connectivity index (χ1) is 11.3. The lowest BCUT2D eigenvalue weighted by Gasteiger charge is -2.15. The number of esters is 1. The van der Waals surface area contributed by atoms with Gasteiger partial charge in [-0.05, 0) is 52.1 Å². The van der Waals surface area contributed by atoms with Crippen molar-refractivity contribution >= 4 is 23.2 Å². The van der Waals surface area contributed by atoms with E-state index in [2.05, 4.69) is 16.0 Å². The normalized spacial score (nSPS) is 12.2. The maximum Gasteiger partial charge on any atom is 0.340 e. The fraction of sp³-hybridized carbons (Fsp3) is 0.444. The SMILES string of the molecule is Cc1cc(C(=O)O[C@@H](C)C(=O)NC(C)C)c(C)n1Cc1cccs1. The predicted molar refractivity (Wildman–Crippen MR) is 95.5 cm³/mol. The highest BCUT2D eigenvalue weighted by Gasteiger charge is 2.23. The van der Waals surface area contributed by atoms with Crippen LogP contribution in [0.1, 0.15) is 47.4 Å². The van der Waals surface area contributed by atoms with Gasteiger partial charge in [-0.2, -0.15) is 0 Å². The summed E-state index contributed by atoms with van der Waals surface area (Å²) in [4.78, 5) is 25.5. The number of aromatic nitrogens is 1. The van der Waals surface area contributed by atoms with Gasteiger partial charge in [0.15, 0.2) is 6.10 Å². The molecule has 0 unspecified atom stereocenters. The number of hydrogen-bond acceptors (Lipinski definition) is 4. The highest BCUT2D eigenvalue weighted by molar-refractivity contribution is 7.09. The monoisotopic (exact) mass is 348 g/mol. The minimum absolute atomic E-state index is 0.00881. The second-order valence-electron chi connectivity index (χ2n) is 6.16. The molecular formula is C18H24N2O3S. The number of carbonyl (C=O) groups excluding carboxylic acids is 2. The molecule has 0 aliphatic heterocycles. The summed E-state index contributed by atoms with van der Waals surface area (Å²) in [6.07, 6.45) is -0.819. The van der Waals surface area contributed by atoms with Gasteiger partial charge in [0.2, 0.25) is 0 Å². The van der Waals surface area contributed by atoms with Gasteiger partial charge in [0, 0.05) is 22.3 Å². The zero-order valence-corrected chi connectivity index (χ0v) is 15.6. The average Bonchev–Trinajstić information content (AvgIpc) is 3.10. The van der Waals surface area contributed by atoms with Gasteiger partial charge < -0.3 is 14.6 Å². The van der Waals surface area contributed by atoms with Gasteiger partial charge >= 0.3 is 5.97 Å². The first kappa shape index (κ1) is 18.3. The van der Waals surface area contributed by atoms with Crippen LogP contribution in [0.3, 0.4) is 0 Å². The number of nitrogens with zero attached hydrogens (tertiary/aromatic N) is 1. The van der Waals surface area contributed by atoms with E-state index in [4.69, 9.17) is 4.74 Å². The lowest BCUT2D eigenvalue weighted by Crippen LogP contribution is -2.39. The van der Waals surface area contributed by atoms with E-state index in [0.717, 1.165) is 17.9 Å². The van der Waals surface area contributed by atoms with Crippen molar-refractivity contribution in [2.75, 3.05) is 0 Å². The fourth-order valence-electron chi connectivity index (χ4n) is 2.49. The molecule has 0 radical (unpaired) electrons. The smallest absolute Gasteiger partial charge is 0.340 e. The molecule has 6 heteroatoms. The molecule has 2 heterocycles. The second kappa shape index (κ2) is 7.66. The zero-order valence-electron chi connectivity index (χ0n) is 14.8. The lowest BCUT2D eigenvalue weighted by atomic mass is 10.2. The molecular weight excluding hydrogens is 324 g/mol. The fourth-order valence-corrected chi connectivity index (χ4v) is 3.18. The molecule has 0 saturated heterocycles.